The molecular formula is C20H20FN3O4S. The number of carbonyl (C=O) groups excluding carboxylic acids is 1. The number of amides is 1. The first-order chi connectivity index (χ1) is 14.0. The fraction of sp³-hybridized carbons (Fsp3) is 0.250. The highest BCUT2D eigenvalue weighted by molar-refractivity contribution is 7.99. The lowest BCUT2D eigenvalue weighted by molar-refractivity contribution is -0.113. The fourth-order valence-electron chi connectivity index (χ4n) is 2.46. The summed E-state index contributed by atoms with van der Waals surface area (Å²) in [7, 11) is 1.54. The van der Waals surface area contributed by atoms with Gasteiger partial charge >= 0.3 is 0 Å². The predicted molar refractivity (Wildman–Crippen MR) is 107 cm³/mol. The molecule has 7 nitrogen and oxygen atoms in total. The van der Waals surface area contributed by atoms with E-state index in [0.29, 0.717) is 11.4 Å². The Kier molecular flexibility index (Phi) is 6.71. The van der Waals surface area contributed by atoms with Gasteiger partial charge in [0.2, 0.25) is 5.91 Å². The number of anilines is 1. The van der Waals surface area contributed by atoms with Crippen LogP contribution in [0.3, 0.4) is 0 Å². The van der Waals surface area contributed by atoms with Crippen LogP contribution in [0.1, 0.15) is 24.5 Å². The van der Waals surface area contributed by atoms with Gasteiger partial charge in [0.15, 0.2) is 17.7 Å². The van der Waals surface area contributed by atoms with Crippen LogP contribution in [0, 0.1) is 12.7 Å². The highest BCUT2D eigenvalue weighted by Gasteiger charge is 2.18. The molecule has 0 radical (unpaired) electrons. The van der Waals surface area contributed by atoms with E-state index in [0.717, 1.165) is 17.3 Å². The highest BCUT2D eigenvalue weighted by atomic mass is 32.2. The van der Waals surface area contributed by atoms with Crippen molar-refractivity contribution in [2.75, 3.05) is 18.2 Å². The molecule has 1 amide bonds. The van der Waals surface area contributed by atoms with Crippen molar-refractivity contribution in [1.82, 2.24) is 10.2 Å². The summed E-state index contributed by atoms with van der Waals surface area (Å²) in [5.41, 5.74) is 1.59. The number of ether oxygens (including phenoxy) is 2. The van der Waals surface area contributed by atoms with Crippen molar-refractivity contribution in [2.45, 2.75) is 25.2 Å². The smallest absolute Gasteiger partial charge is 0.277 e. The van der Waals surface area contributed by atoms with Gasteiger partial charge in [0.25, 0.3) is 11.1 Å². The second-order valence-electron chi connectivity index (χ2n) is 6.14. The van der Waals surface area contributed by atoms with E-state index in [9.17, 15) is 9.18 Å². The lowest BCUT2D eigenvalue weighted by Crippen LogP contribution is -2.14. The zero-order valence-electron chi connectivity index (χ0n) is 16.1. The van der Waals surface area contributed by atoms with Gasteiger partial charge < -0.3 is 19.2 Å². The number of methoxy groups -OCH3 is 1. The van der Waals surface area contributed by atoms with Gasteiger partial charge in [0, 0.05) is 0 Å². The summed E-state index contributed by atoms with van der Waals surface area (Å²) in [6.07, 6.45) is -0.640. The third kappa shape index (κ3) is 5.47. The average molecular weight is 417 g/mol. The van der Waals surface area contributed by atoms with E-state index >= 15 is 0 Å². The number of hydrogen-bond acceptors (Lipinski definition) is 7. The molecule has 0 aliphatic rings. The molecule has 29 heavy (non-hydrogen) atoms. The molecule has 0 saturated heterocycles. The Hall–Kier alpha value is -3.07. The van der Waals surface area contributed by atoms with Crippen LogP contribution < -0.4 is 14.8 Å². The monoisotopic (exact) mass is 417 g/mol. The van der Waals surface area contributed by atoms with Crippen molar-refractivity contribution in [3.63, 3.8) is 0 Å². The number of aryl methyl sites for hydroxylation is 1. The molecule has 0 aliphatic carbocycles. The Balaban J connectivity index is 1.56. The van der Waals surface area contributed by atoms with E-state index in [4.69, 9.17) is 13.9 Å². The molecular weight excluding hydrogens is 397 g/mol. The maximum atomic E-state index is 13.7. The van der Waals surface area contributed by atoms with Gasteiger partial charge in [-0.2, -0.15) is 0 Å². The molecule has 1 atom stereocenters. The number of nitrogens with zero attached hydrogens (tertiary/aromatic N) is 2. The van der Waals surface area contributed by atoms with Crippen LogP contribution in [0.2, 0.25) is 0 Å². The van der Waals surface area contributed by atoms with E-state index in [1.54, 1.807) is 32.2 Å². The van der Waals surface area contributed by atoms with Crippen molar-refractivity contribution in [3.8, 4) is 11.5 Å². The van der Waals surface area contributed by atoms with Gasteiger partial charge in [-0.15, -0.1) is 10.2 Å². The lowest BCUT2D eigenvalue weighted by Gasteiger charge is -2.11. The minimum atomic E-state index is -0.640. The van der Waals surface area contributed by atoms with Gasteiger partial charge in [-0.1, -0.05) is 30.0 Å². The maximum absolute atomic E-state index is 13.7. The third-order valence-electron chi connectivity index (χ3n) is 3.87. The minimum Gasteiger partial charge on any atom is -0.495 e. The number of hydrogen-bond donors (Lipinski definition) is 1. The zero-order chi connectivity index (χ0) is 20.8. The molecule has 0 bridgehead atoms. The largest absolute Gasteiger partial charge is 0.495 e. The Morgan fingerprint density at radius 2 is 2.03 bits per heavy atom. The summed E-state index contributed by atoms with van der Waals surface area (Å²) in [5.74, 6) is 0.218. The first kappa shape index (κ1) is 20.7. The Labute approximate surface area is 171 Å². The molecule has 0 fully saturated rings. The summed E-state index contributed by atoms with van der Waals surface area (Å²) in [6.45, 7) is 3.60. The molecule has 3 rings (SSSR count). The predicted octanol–water partition coefficient (Wildman–Crippen LogP) is 4.40. The molecule has 1 heterocycles. The van der Waals surface area contributed by atoms with E-state index < -0.39 is 11.9 Å². The molecule has 9 heteroatoms. The van der Waals surface area contributed by atoms with Gasteiger partial charge in [0.05, 0.1) is 18.6 Å². The third-order valence-corrected chi connectivity index (χ3v) is 4.68. The lowest BCUT2D eigenvalue weighted by atomic mass is 10.2. The standard InChI is InChI=1S/C20H20FN3O4S/c1-12-8-9-17(26-3)15(10-12)22-18(25)11-29-20-24-23-19(28-20)13(2)27-16-7-5-4-6-14(16)21/h4-10,13H,11H2,1-3H3,(H,22,25)/t13-/m0/s1. The van der Waals surface area contributed by atoms with E-state index in [1.807, 2.05) is 19.1 Å². The summed E-state index contributed by atoms with van der Waals surface area (Å²) < 4.78 is 30.0. The number of para-hydroxylation sites is 1. The Morgan fingerprint density at radius 3 is 2.79 bits per heavy atom. The van der Waals surface area contributed by atoms with Crippen molar-refractivity contribution in [2.24, 2.45) is 0 Å². The minimum absolute atomic E-state index is 0.0707. The number of benzene rings is 2. The maximum Gasteiger partial charge on any atom is 0.277 e. The molecule has 0 saturated carbocycles. The van der Waals surface area contributed by atoms with Crippen LogP contribution in [0.5, 0.6) is 11.5 Å². The molecule has 0 aliphatic heterocycles. The topological polar surface area (TPSA) is 86.5 Å². The summed E-state index contributed by atoms with van der Waals surface area (Å²) in [6, 6.07) is 11.6. The van der Waals surface area contributed by atoms with Crippen LogP contribution in [-0.2, 0) is 4.79 Å². The summed E-state index contributed by atoms with van der Waals surface area (Å²) >= 11 is 1.09. The molecule has 152 valence electrons. The first-order valence-corrected chi connectivity index (χ1v) is 9.76. The highest BCUT2D eigenvalue weighted by Crippen LogP contribution is 2.27. The number of rotatable bonds is 8. The van der Waals surface area contributed by atoms with Crippen molar-refractivity contribution < 1.29 is 23.1 Å². The van der Waals surface area contributed by atoms with Crippen molar-refractivity contribution >= 4 is 23.4 Å². The number of halogens is 1. The van der Waals surface area contributed by atoms with Crippen molar-refractivity contribution in [3.05, 3.63) is 59.7 Å². The average Bonchev–Trinajstić information content (AvgIpc) is 3.18. The van der Waals surface area contributed by atoms with Crippen LogP contribution in [0.4, 0.5) is 10.1 Å². The molecule has 1 N–H and O–H groups in total. The quantitative estimate of drug-likeness (QED) is 0.544. The van der Waals surface area contributed by atoms with Crippen LogP contribution in [-0.4, -0.2) is 29.0 Å². The summed E-state index contributed by atoms with van der Waals surface area (Å²) in [4.78, 5) is 12.2. The van der Waals surface area contributed by atoms with Gasteiger partial charge in [-0.25, -0.2) is 4.39 Å². The molecule has 3 aromatic rings. The normalized spacial score (nSPS) is 11.7. The second kappa shape index (κ2) is 9.42. The second-order valence-corrected chi connectivity index (χ2v) is 7.06. The molecule has 2 aromatic carbocycles. The first-order valence-electron chi connectivity index (χ1n) is 8.78. The molecule has 1 aromatic heterocycles. The molecule has 0 unspecified atom stereocenters. The van der Waals surface area contributed by atoms with Crippen LogP contribution in [0.15, 0.2) is 52.1 Å². The number of thioether (sulfide) groups is 1. The summed E-state index contributed by atoms with van der Waals surface area (Å²) in [5, 5.41) is 10.8. The zero-order valence-corrected chi connectivity index (χ0v) is 17.0. The number of nitrogens with one attached hydrogen (secondary N) is 1. The van der Waals surface area contributed by atoms with Crippen LogP contribution in [0.25, 0.3) is 0 Å². The number of carbonyl (C=O) groups is 1. The van der Waals surface area contributed by atoms with E-state index in [-0.39, 0.29) is 28.5 Å². The van der Waals surface area contributed by atoms with E-state index in [1.165, 1.54) is 12.1 Å². The van der Waals surface area contributed by atoms with Gasteiger partial charge in [0.1, 0.15) is 5.75 Å². The fourth-order valence-corrected chi connectivity index (χ4v) is 3.03. The Morgan fingerprint density at radius 1 is 1.24 bits per heavy atom. The SMILES string of the molecule is COc1ccc(C)cc1NC(=O)CSc1nnc([C@H](C)Oc2ccccc2F)o1. The van der Waals surface area contributed by atoms with Crippen molar-refractivity contribution in [1.29, 1.82) is 0 Å². The van der Waals surface area contributed by atoms with E-state index in [2.05, 4.69) is 15.5 Å². The van der Waals surface area contributed by atoms with Crippen LogP contribution >= 0.6 is 11.8 Å². The number of aromatic nitrogens is 2. The van der Waals surface area contributed by atoms with Gasteiger partial charge in [-0.3, -0.25) is 4.79 Å². The van der Waals surface area contributed by atoms with Gasteiger partial charge in [-0.05, 0) is 43.7 Å². The Bertz CT molecular complexity index is 995. The molecule has 0 spiro atoms.